The highest BCUT2D eigenvalue weighted by atomic mass is 16.3. The zero-order chi connectivity index (χ0) is 40.6. The first-order valence-corrected chi connectivity index (χ1v) is 18.9. The third kappa shape index (κ3) is 9.64. The number of rotatable bonds is 16. The van der Waals surface area contributed by atoms with Crippen LogP contribution in [0.15, 0.2) is 77.9 Å². The fourth-order valence-electron chi connectivity index (χ4n) is 7.34. The van der Waals surface area contributed by atoms with E-state index in [4.69, 9.17) is 11.5 Å². The SMILES string of the molecule is Cc1cc(O)cc(C)c1C[C@H](Nc1nc2nc[nH]c2c(=O)[nH]1)C(=O)N1Cc2ccccc2CC1C(=O)N[C@@H](CCCCN)C(=O)N[C@@H](Cc1ccccc1)C(N)=O. The molecule has 2 aromatic heterocycles. The van der Waals surface area contributed by atoms with Crippen LogP contribution in [-0.2, 0) is 45.0 Å². The Morgan fingerprint density at radius 3 is 2.33 bits per heavy atom. The summed E-state index contributed by atoms with van der Waals surface area (Å²) >= 11 is 0. The highest BCUT2D eigenvalue weighted by Gasteiger charge is 2.39. The summed E-state index contributed by atoms with van der Waals surface area (Å²) in [6.07, 6.45) is 3.09. The number of phenolic OH excluding ortho intramolecular Hbond substituents is 1. The van der Waals surface area contributed by atoms with Gasteiger partial charge in [-0.15, -0.1) is 0 Å². The Kier molecular flexibility index (Phi) is 12.6. The van der Waals surface area contributed by atoms with Crippen molar-refractivity contribution in [1.82, 2.24) is 35.5 Å². The van der Waals surface area contributed by atoms with Gasteiger partial charge in [0.05, 0.1) is 6.33 Å². The first-order chi connectivity index (χ1) is 27.4. The van der Waals surface area contributed by atoms with Gasteiger partial charge in [-0.3, -0.25) is 29.0 Å². The largest absolute Gasteiger partial charge is 0.508 e. The van der Waals surface area contributed by atoms with Crippen LogP contribution in [0.5, 0.6) is 5.75 Å². The molecule has 298 valence electrons. The molecule has 57 heavy (non-hydrogen) atoms. The number of unbranched alkanes of at least 4 members (excludes halogenated alkanes) is 1. The third-order valence-corrected chi connectivity index (χ3v) is 10.4. The lowest BCUT2D eigenvalue weighted by atomic mass is 9.91. The zero-order valence-corrected chi connectivity index (χ0v) is 31.9. The van der Waals surface area contributed by atoms with Crippen LogP contribution in [0, 0.1) is 13.8 Å². The summed E-state index contributed by atoms with van der Waals surface area (Å²) < 4.78 is 0. The number of nitrogens with one attached hydrogen (secondary N) is 5. The predicted molar refractivity (Wildman–Crippen MR) is 214 cm³/mol. The van der Waals surface area contributed by atoms with Crippen molar-refractivity contribution in [2.45, 2.75) is 83.1 Å². The minimum Gasteiger partial charge on any atom is -0.508 e. The van der Waals surface area contributed by atoms with Crippen molar-refractivity contribution in [1.29, 1.82) is 0 Å². The van der Waals surface area contributed by atoms with Gasteiger partial charge in [0.25, 0.3) is 5.56 Å². The molecule has 4 atom stereocenters. The summed E-state index contributed by atoms with van der Waals surface area (Å²) in [5, 5.41) is 19.0. The van der Waals surface area contributed by atoms with Crippen LogP contribution in [0.4, 0.5) is 5.95 Å². The van der Waals surface area contributed by atoms with Crippen molar-refractivity contribution in [3.05, 3.63) is 117 Å². The molecule has 6 rings (SSSR count). The molecule has 3 heterocycles. The van der Waals surface area contributed by atoms with Gasteiger partial charge in [0.2, 0.25) is 29.6 Å². The first-order valence-electron chi connectivity index (χ1n) is 18.9. The molecule has 1 unspecified atom stereocenters. The van der Waals surface area contributed by atoms with E-state index >= 15 is 0 Å². The number of phenols is 1. The van der Waals surface area contributed by atoms with E-state index in [0.29, 0.717) is 19.4 Å². The molecule has 0 fully saturated rings. The number of fused-ring (bicyclic) bond motifs is 2. The molecule has 5 aromatic rings. The van der Waals surface area contributed by atoms with E-state index in [0.717, 1.165) is 33.4 Å². The summed E-state index contributed by atoms with van der Waals surface area (Å²) in [6, 6.07) is 15.6. The number of hydrogen-bond donors (Lipinski definition) is 8. The summed E-state index contributed by atoms with van der Waals surface area (Å²) in [4.78, 5) is 84.2. The molecule has 3 aromatic carbocycles. The number of nitrogens with two attached hydrogens (primary N) is 2. The number of carbonyl (C=O) groups is 4. The lowest BCUT2D eigenvalue weighted by Gasteiger charge is -2.39. The van der Waals surface area contributed by atoms with Gasteiger partial charge in [0.1, 0.15) is 29.9 Å². The fourth-order valence-corrected chi connectivity index (χ4v) is 7.34. The van der Waals surface area contributed by atoms with Gasteiger partial charge in [-0.1, -0.05) is 54.6 Å². The van der Waals surface area contributed by atoms with Gasteiger partial charge in [-0.25, -0.2) is 4.98 Å². The number of aromatic hydroxyl groups is 1. The van der Waals surface area contributed by atoms with Crippen LogP contribution in [0.25, 0.3) is 11.2 Å². The van der Waals surface area contributed by atoms with Crippen LogP contribution >= 0.6 is 0 Å². The molecule has 4 amide bonds. The number of nitrogens with zero attached hydrogens (tertiary/aromatic N) is 3. The van der Waals surface area contributed by atoms with E-state index in [1.54, 1.807) is 12.1 Å². The number of aromatic nitrogens is 4. The molecule has 16 nitrogen and oxygen atoms in total. The van der Waals surface area contributed by atoms with Gasteiger partial charge in [-0.2, -0.15) is 4.98 Å². The fraction of sp³-hybridized carbons (Fsp3) is 0.341. The standard InChI is InChI=1S/C41H48N10O6/c1-23-16-28(52)17-24(2)29(23)20-32(48-41-49-36-34(39(56)50-41)44-22-45-36)40(57)51-21-27-13-7-6-12-26(27)19-33(51)38(55)46-30(14-8-9-15-42)37(54)47-31(35(43)53)18-25-10-4-3-5-11-25/h3-7,10-13,16-17,22,30-33,52H,8-9,14-15,18-21,42H2,1-2H3,(H2,43,53)(H,46,55)(H,47,54)(H3,44,45,48,49,50,56)/t30-,31-,32-,33?/m0/s1. The molecule has 0 spiro atoms. The number of carbonyl (C=O) groups excluding carboxylic acids is 4. The molecular weight excluding hydrogens is 729 g/mol. The minimum atomic E-state index is -1.07. The van der Waals surface area contributed by atoms with E-state index in [1.807, 2.05) is 68.4 Å². The average molecular weight is 777 g/mol. The molecule has 1 aliphatic rings. The quantitative estimate of drug-likeness (QED) is 0.0674. The zero-order valence-electron chi connectivity index (χ0n) is 31.9. The number of primary amides is 1. The van der Waals surface area contributed by atoms with Crippen molar-refractivity contribution in [2.24, 2.45) is 11.5 Å². The number of aryl methyl sites for hydroxylation is 2. The highest BCUT2D eigenvalue weighted by molar-refractivity contribution is 5.95. The van der Waals surface area contributed by atoms with Crippen molar-refractivity contribution >= 4 is 40.7 Å². The molecule has 10 N–H and O–H groups in total. The Morgan fingerprint density at radius 2 is 1.63 bits per heavy atom. The van der Waals surface area contributed by atoms with Crippen molar-refractivity contribution in [3.8, 4) is 5.75 Å². The normalized spacial score (nSPS) is 15.3. The number of amides is 4. The molecule has 0 aliphatic carbocycles. The molecule has 16 heteroatoms. The summed E-state index contributed by atoms with van der Waals surface area (Å²) in [5.41, 5.74) is 16.1. The summed E-state index contributed by atoms with van der Waals surface area (Å²) in [6.45, 7) is 4.10. The Hall–Kier alpha value is -6.55. The van der Waals surface area contributed by atoms with Gasteiger partial charge >= 0.3 is 0 Å². The van der Waals surface area contributed by atoms with Gasteiger partial charge in [0, 0.05) is 25.8 Å². The number of benzene rings is 3. The summed E-state index contributed by atoms with van der Waals surface area (Å²) in [5.74, 6) is -2.26. The van der Waals surface area contributed by atoms with Crippen molar-refractivity contribution < 1.29 is 24.3 Å². The van der Waals surface area contributed by atoms with Crippen LogP contribution < -0.4 is 33.0 Å². The number of imidazole rings is 1. The topological polar surface area (TPSA) is 254 Å². The predicted octanol–water partition coefficient (Wildman–Crippen LogP) is 1.77. The van der Waals surface area contributed by atoms with E-state index in [2.05, 4.69) is 35.9 Å². The molecule has 0 saturated carbocycles. The number of aromatic amines is 2. The van der Waals surface area contributed by atoms with Crippen LogP contribution in [0.3, 0.4) is 0 Å². The Bertz CT molecular complexity index is 2290. The lowest BCUT2D eigenvalue weighted by Crippen LogP contribution is -2.60. The van der Waals surface area contributed by atoms with Gasteiger partial charge in [-0.05, 0) is 85.2 Å². The molecule has 1 aliphatic heterocycles. The second-order valence-electron chi connectivity index (χ2n) is 14.4. The maximum Gasteiger partial charge on any atom is 0.278 e. The van der Waals surface area contributed by atoms with Crippen LogP contribution in [0.1, 0.15) is 52.6 Å². The Labute approximate surface area is 328 Å². The van der Waals surface area contributed by atoms with Crippen LogP contribution in [-0.4, -0.2) is 84.3 Å². The molecular formula is C41H48N10O6. The van der Waals surface area contributed by atoms with Crippen molar-refractivity contribution in [3.63, 3.8) is 0 Å². The molecule has 0 radical (unpaired) electrons. The number of H-pyrrole nitrogens is 2. The number of anilines is 1. The van der Waals surface area contributed by atoms with Gasteiger partial charge < -0.3 is 42.4 Å². The third-order valence-electron chi connectivity index (χ3n) is 10.4. The van der Waals surface area contributed by atoms with Gasteiger partial charge in [0.15, 0.2) is 11.2 Å². The minimum absolute atomic E-state index is 0.00147. The second-order valence-corrected chi connectivity index (χ2v) is 14.4. The molecule has 0 saturated heterocycles. The van der Waals surface area contributed by atoms with E-state index < -0.39 is 53.4 Å². The highest BCUT2D eigenvalue weighted by Crippen LogP contribution is 2.28. The Balaban J connectivity index is 1.32. The maximum atomic E-state index is 15.0. The lowest BCUT2D eigenvalue weighted by molar-refractivity contribution is -0.143. The second kappa shape index (κ2) is 17.9. The van der Waals surface area contributed by atoms with Crippen LogP contribution in [0.2, 0.25) is 0 Å². The van der Waals surface area contributed by atoms with E-state index in [9.17, 15) is 29.1 Å². The number of hydrogen-bond acceptors (Lipinski definition) is 10. The van der Waals surface area contributed by atoms with Crippen molar-refractivity contribution in [2.75, 3.05) is 11.9 Å². The first kappa shape index (κ1) is 40.1. The Morgan fingerprint density at radius 1 is 0.930 bits per heavy atom. The van der Waals surface area contributed by atoms with E-state index in [-0.39, 0.29) is 55.1 Å². The monoisotopic (exact) mass is 776 g/mol. The molecule has 0 bridgehead atoms. The smallest absolute Gasteiger partial charge is 0.278 e. The maximum absolute atomic E-state index is 15.0. The average Bonchev–Trinajstić information content (AvgIpc) is 3.67. The van der Waals surface area contributed by atoms with E-state index in [1.165, 1.54) is 11.2 Å². The summed E-state index contributed by atoms with van der Waals surface area (Å²) in [7, 11) is 0.